The van der Waals surface area contributed by atoms with Crippen molar-refractivity contribution in [3.63, 3.8) is 0 Å². The molecule has 3 saturated heterocycles. The normalized spacial score (nSPS) is 28.6. The lowest BCUT2D eigenvalue weighted by molar-refractivity contribution is -0.134. The first kappa shape index (κ1) is 25.7. The van der Waals surface area contributed by atoms with Gasteiger partial charge >= 0.3 is 0 Å². The zero-order valence-corrected chi connectivity index (χ0v) is 21.8. The first-order chi connectivity index (χ1) is 17.8. The number of likely N-dealkylation sites (tertiary alicyclic amines) is 1. The van der Waals surface area contributed by atoms with Gasteiger partial charge in [0.1, 0.15) is 11.9 Å². The van der Waals surface area contributed by atoms with E-state index in [0.717, 1.165) is 50.8 Å². The van der Waals surface area contributed by atoms with Crippen LogP contribution in [0.15, 0.2) is 12.3 Å². The molecular weight excluding hydrogens is 454 g/mol. The molecule has 0 bridgehead atoms. The van der Waals surface area contributed by atoms with E-state index < -0.39 is 0 Å². The Hall–Kier alpha value is -1.97. The number of carbonyl (C=O) groups excluding carboxylic acids is 1. The molecule has 4 fully saturated rings. The van der Waals surface area contributed by atoms with Crippen molar-refractivity contribution in [1.82, 2.24) is 25.5 Å². The standard InChI is InChI=1S/C27H45N7O2/c35-26(24-20-28-15-19-36-24)29-13-10-23-22(12-18-34(23)21-8-4-3-5-9-21)31-27-30-14-11-25(32-27)33-16-6-1-2-7-17-33/h11,14,21-24,28H,1-10,12-13,15-20H2,(H,29,35)(H,30,31,32). The number of carbonyl (C=O) groups is 1. The van der Waals surface area contributed by atoms with Gasteiger partial charge in [-0.05, 0) is 44.6 Å². The minimum atomic E-state index is -0.374. The Morgan fingerprint density at radius 2 is 1.86 bits per heavy atom. The summed E-state index contributed by atoms with van der Waals surface area (Å²) in [4.78, 5) is 27.3. The highest BCUT2D eigenvalue weighted by molar-refractivity contribution is 5.81. The highest BCUT2D eigenvalue weighted by Crippen LogP contribution is 2.32. The van der Waals surface area contributed by atoms with Crippen LogP contribution in [0.1, 0.15) is 70.6 Å². The SMILES string of the molecule is O=C(NCCC1C(Nc2nccc(N3CCCCCC3)n2)CCN1C1CCCCC1)C1CNCCO1. The van der Waals surface area contributed by atoms with Crippen molar-refractivity contribution >= 4 is 17.7 Å². The van der Waals surface area contributed by atoms with Crippen LogP contribution in [-0.4, -0.2) is 90.9 Å². The van der Waals surface area contributed by atoms with Crippen molar-refractivity contribution < 1.29 is 9.53 Å². The molecule has 200 valence electrons. The molecule has 1 aliphatic carbocycles. The van der Waals surface area contributed by atoms with Gasteiger partial charge in [-0.15, -0.1) is 0 Å². The van der Waals surface area contributed by atoms with E-state index in [0.29, 0.717) is 31.8 Å². The lowest BCUT2D eigenvalue weighted by Crippen LogP contribution is -2.50. The number of nitrogens with one attached hydrogen (secondary N) is 3. The molecule has 5 rings (SSSR count). The fourth-order valence-corrected chi connectivity index (χ4v) is 6.53. The van der Waals surface area contributed by atoms with Crippen molar-refractivity contribution in [3.8, 4) is 0 Å². The zero-order chi connectivity index (χ0) is 24.6. The summed E-state index contributed by atoms with van der Waals surface area (Å²) in [7, 11) is 0. The highest BCUT2D eigenvalue weighted by atomic mass is 16.5. The van der Waals surface area contributed by atoms with Crippen molar-refractivity contribution in [2.75, 3.05) is 56.1 Å². The third-order valence-corrected chi connectivity index (χ3v) is 8.48. The maximum atomic E-state index is 12.6. The minimum absolute atomic E-state index is 0.00223. The van der Waals surface area contributed by atoms with Gasteiger partial charge in [-0.3, -0.25) is 9.69 Å². The third-order valence-electron chi connectivity index (χ3n) is 8.48. The fourth-order valence-electron chi connectivity index (χ4n) is 6.53. The summed E-state index contributed by atoms with van der Waals surface area (Å²) >= 11 is 0. The van der Waals surface area contributed by atoms with Gasteiger partial charge in [0.2, 0.25) is 11.9 Å². The van der Waals surface area contributed by atoms with E-state index in [2.05, 4.69) is 36.8 Å². The summed E-state index contributed by atoms with van der Waals surface area (Å²) in [5.41, 5.74) is 0. The van der Waals surface area contributed by atoms with Crippen molar-refractivity contribution in [2.24, 2.45) is 0 Å². The van der Waals surface area contributed by atoms with Gasteiger partial charge in [-0.2, -0.15) is 4.98 Å². The van der Waals surface area contributed by atoms with Gasteiger partial charge in [0, 0.05) is 63.6 Å². The first-order valence-electron chi connectivity index (χ1n) is 14.5. The molecule has 1 saturated carbocycles. The minimum Gasteiger partial charge on any atom is -0.366 e. The number of hydrogen-bond acceptors (Lipinski definition) is 8. The lowest BCUT2D eigenvalue weighted by Gasteiger charge is -2.37. The average Bonchev–Trinajstić information content (AvgIpc) is 3.12. The van der Waals surface area contributed by atoms with Crippen LogP contribution in [0.5, 0.6) is 0 Å². The molecule has 1 amide bonds. The third kappa shape index (κ3) is 6.66. The second-order valence-corrected chi connectivity index (χ2v) is 10.9. The maximum Gasteiger partial charge on any atom is 0.250 e. The molecule has 9 heteroatoms. The van der Waals surface area contributed by atoms with Gasteiger partial charge in [-0.1, -0.05) is 32.1 Å². The van der Waals surface area contributed by atoms with Crippen LogP contribution in [0.3, 0.4) is 0 Å². The van der Waals surface area contributed by atoms with Gasteiger partial charge in [0.25, 0.3) is 0 Å². The molecule has 3 unspecified atom stereocenters. The molecule has 4 aliphatic rings. The maximum absolute atomic E-state index is 12.6. The van der Waals surface area contributed by atoms with Crippen LogP contribution in [0.25, 0.3) is 0 Å². The Kier molecular flexibility index (Phi) is 9.28. The Morgan fingerprint density at radius 3 is 2.64 bits per heavy atom. The number of morpholine rings is 1. The Labute approximate surface area is 216 Å². The van der Waals surface area contributed by atoms with Crippen LogP contribution >= 0.6 is 0 Å². The summed E-state index contributed by atoms with van der Waals surface area (Å²) in [5, 5.41) is 10.1. The smallest absolute Gasteiger partial charge is 0.250 e. The monoisotopic (exact) mass is 499 g/mol. The molecule has 36 heavy (non-hydrogen) atoms. The van der Waals surface area contributed by atoms with Crippen molar-refractivity contribution in [1.29, 1.82) is 0 Å². The van der Waals surface area contributed by atoms with Gasteiger partial charge in [0.05, 0.1) is 6.61 Å². The van der Waals surface area contributed by atoms with E-state index >= 15 is 0 Å². The van der Waals surface area contributed by atoms with Gasteiger partial charge < -0.3 is 25.6 Å². The molecule has 9 nitrogen and oxygen atoms in total. The summed E-state index contributed by atoms with van der Waals surface area (Å²) in [5.74, 6) is 1.78. The molecule has 0 radical (unpaired) electrons. The van der Waals surface area contributed by atoms with Gasteiger partial charge in [0.15, 0.2) is 0 Å². The number of aromatic nitrogens is 2. The predicted molar refractivity (Wildman–Crippen MR) is 142 cm³/mol. The molecule has 0 spiro atoms. The topological polar surface area (TPSA) is 94.7 Å². The van der Waals surface area contributed by atoms with Crippen LogP contribution < -0.4 is 20.9 Å². The Balaban J connectivity index is 1.22. The van der Waals surface area contributed by atoms with Crippen LogP contribution in [0.4, 0.5) is 11.8 Å². The number of rotatable bonds is 8. The summed E-state index contributed by atoms with van der Waals surface area (Å²) in [6, 6.07) is 3.36. The van der Waals surface area contributed by atoms with Crippen molar-refractivity contribution in [2.45, 2.75) is 94.9 Å². The molecule has 4 heterocycles. The largest absolute Gasteiger partial charge is 0.366 e. The van der Waals surface area contributed by atoms with E-state index in [1.165, 1.54) is 57.8 Å². The van der Waals surface area contributed by atoms with E-state index in [1.54, 1.807) is 0 Å². The number of anilines is 2. The number of ether oxygens (including phenoxy) is 1. The molecule has 3 aliphatic heterocycles. The number of hydrogen-bond donors (Lipinski definition) is 3. The molecule has 3 atom stereocenters. The van der Waals surface area contributed by atoms with E-state index in [9.17, 15) is 4.79 Å². The van der Waals surface area contributed by atoms with Crippen LogP contribution in [0.2, 0.25) is 0 Å². The molecule has 3 N–H and O–H groups in total. The fraction of sp³-hybridized carbons (Fsp3) is 0.815. The highest BCUT2D eigenvalue weighted by Gasteiger charge is 2.38. The summed E-state index contributed by atoms with van der Waals surface area (Å²) in [6.45, 7) is 5.94. The second-order valence-electron chi connectivity index (χ2n) is 10.9. The summed E-state index contributed by atoms with van der Waals surface area (Å²) < 4.78 is 5.63. The first-order valence-corrected chi connectivity index (χ1v) is 14.5. The molecule has 1 aromatic heterocycles. The van der Waals surface area contributed by atoms with E-state index in [-0.39, 0.29) is 18.1 Å². The predicted octanol–water partition coefficient (Wildman–Crippen LogP) is 2.54. The number of amides is 1. The second kappa shape index (κ2) is 13.0. The molecular formula is C27H45N7O2. The Bertz CT molecular complexity index is 820. The van der Waals surface area contributed by atoms with Crippen LogP contribution in [0, 0.1) is 0 Å². The average molecular weight is 500 g/mol. The molecule has 0 aromatic carbocycles. The van der Waals surface area contributed by atoms with Crippen LogP contribution in [-0.2, 0) is 9.53 Å². The van der Waals surface area contributed by atoms with Crippen molar-refractivity contribution in [3.05, 3.63) is 12.3 Å². The quantitative estimate of drug-likeness (QED) is 0.502. The van der Waals surface area contributed by atoms with Gasteiger partial charge in [-0.25, -0.2) is 4.98 Å². The number of nitrogens with zero attached hydrogens (tertiary/aromatic N) is 4. The Morgan fingerprint density at radius 1 is 1.06 bits per heavy atom. The van der Waals surface area contributed by atoms with E-state index in [1.807, 2.05) is 6.20 Å². The zero-order valence-electron chi connectivity index (χ0n) is 21.8. The lowest BCUT2D eigenvalue weighted by atomic mass is 9.93. The summed E-state index contributed by atoms with van der Waals surface area (Å²) in [6.07, 6.45) is 15.2. The van der Waals surface area contributed by atoms with E-state index in [4.69, 9.17) is 9.72 Å². The molecule has 1 aromatic rings.